The second-order valence-corrected chi connectivity index (χ2v) is 6.17. The Morgan fingerprint density at radius 3 is 2.72 bits per heavy atom. The van der Waals surface area contributed by atoms with E-state index in [1.54, 1.807) is 24.3 Å². The van der Waals surface area contributed by atoms with Crippen LogP contribution in [0.5, 0.6) is 11.5 Å². The molecule has 1 aliphatic rings. The third kappa shape index (κ3) is 4.76. The third-order valence-electron chi connectivity index (χ3n) is 3.43. The molecular formula is C17H19NO6S. The maximum Gasteiger partial charge on any atom is 0.303 e. The van der Waals surface area contributed by atoms with Gasteiger partial charge in [-0.15, -0.1) is 0 Å². The molecule has 1 saturated heterocycles. The number of benzene rings is 1. The van der Waals surface area contributed by atoms with Crippen LogP contribution >= 0.6 is 11.8 Å². The number of thioether (sulfide) groups is 1. The summed E-state index contributed by atoms with van der Waals surface area (Å²) < 4.78 is 10.7. The smallest absolute Gasteiger partial charge is 0.303 e. The van der Waals surface area contributed by atoms with Gasteiger partial charge in [0.05, 0.1) is 18.6 Å². The Labute approximate surface area is 149 Å². The van der Waals surface area contributed by atoms with Crippen LogP contribution in [0.2, 0.25) is 0 Å². The number of carbonyl (C=O) groups is 3. The topological polar surface area (TPSA) is 93.1 Å². The molecule has 1 aromatic carbocycles. The lowest BCUT2D eigenvalue weighted by Gasteiger charge is -2.11. The molecule has 134 valence electrons. The van der Waals surface area contributed by atoms with Crippen LogP contribution in [0, 0.1) is 0 Å². The number of imide groups is 1. The van der Waals surface area contributed by atoms with Crippen LogP contribution in [0.1, 0.15) is 25.3 Å². The third-order valence-corrected chi connectivity index (χ3v) is 4.34. The van der Waals surface area contributed by atoms with Gasteiger partial charge in [-0.25, -0.2) is 0 Å². The molecule has 1 fully saturated rings. The predicted octanol–water partition coefficient (Wildman–Crippen LogP) is 3.00. The SMILES string of the molecule is CCOc1ccc(/C=C2/SC(=O)N(CCCC(=O)O)C2=O)cc1OC. The monoisotopic (exact) mass is 365 g/mol. The Bertz CT molecular complexity index is 715. The van der Waals surface area contributed by atoms with E-state index >= 15 is 0 Å². The van der Waals surface area contributed by atoms with Crippen molar-refractivity contribution in [3.05, 3.63) is 28.7 Å². The Hall–Kier alpha value is -2.48. The average Bonchev–Trinajstić information content (AvgIpc) is 2.83. The summed E-state index contributed by atoms with van der Waals surface area (Å²) in [5.74, 6) is -0.225. The fraction of sp³-hybridized carbons (Fsp3) is 0.353. The first-order valence-corrected chi connectivity index (χ1v) is 8.56. The fourth-order valence-electron chi connectivity index (χ4n) is 2.28. The molecule has 2 rings (SSSR count). The zero-order chi connectivity index (χ0) is 18.4. The zero-order valence-corrected chi connectivity index (χ0v) is 14.8. The molecule has 1 aliphatic heterocycles. The van der Waals surface area contributed by atoms with E-state index in [9.17, 15) is 14.4 Å². The van der Waals surface area contributed by atoms with Crippen LogP contribution in [0.25, 0.3) is 6.08 Å². The molecule has 7 nitrogen and oxygen atoms in total. The first-order chi connectivity index (χ1) is 12.0. The molecule has 0 aromatic heterocycles. The minimum absolute atomic E-state index is 0.0864. The molecule has 8 heteroatoms. The van der Waals surface area contributed by atoms with Gasteiger partial charge in [0, 0.05) is 13.0 Å². The zero-order valence-electron chi connectivity index (χ0n) is 14.0. The van der Waals surface area contributed by atoms with Gasteiger partial charge in [-0.1, -0.05) is 6.07 Å². The Balaban J connectivity index is 2.14. The van der Waals surface area contributed by atoms with Crippen molar-refractivity contribution in [3.63, 3.8) is 0 Å². The van der Waals surface area contributed by atoms with Crippen molar-refractivity contribution in [2.45, 2.75) is 19.8 Å². The van der Waals surface area contributed by atoms with E-state index in [1.807, 2.05) is 6.92 Å². The molecule has 0 saturated carbocycles. The first-order valence-electron chi connectivity index (χ1n) is 7.74. The van der Waals surface area contributed by atoms with Crippen molar-refractivity contribution in [3.8, 4) is 11.5 Å². The van der Waals surface area contributed by atoms with Gasteiger partial charge in [0.15, 0.2) is 11.5 Å². The minimum atomic E-state index is -0.955. The summed E-state index contributed by atoms with van der Waals surface area (Å²) in [6, 6.07) is 5.24. The van der Waals surface area contributed by atoms with E-state index in [0.717, 1.165) is 16.7 Å². The molecule has 0 radical (unpaired) electrons. The van der Waals surface area contributed by atoms with Crippen molar-refractivity contribution in [2.75, 3.05) is 20.3 Å². The number of methoxy groups -OCH3 is 1. The normalized spacial score (nSPS) is 15.8. The van der Waals surface area contributed by atoms with Crippen molar-refractivity contribution in [1.29, 1.82) is 0 Å². The molecule has 0 aliphatic carbocycles. The van der Waals surface area contributed by atoms with Gasteiger partial charge < -0.3 is 14.6 Å². The number of amides is 2. The standard InChI is InChI=1S/C17H19NO6S/c1-3-24-12-7-6-11(9-13(12)23-2)10-14-16(21)18(17(22)25-14)8-4-5-15(19)20/h6-7,9-10H,3-5,8H2,1-2H3,(H,19,20)/b14-10+. The fourth-order valence-corrected chi connectivity index (χ4v) is 3.15. The van der Waals surface area contributed by atoms with E-state index < -0.39 is 11.9 Å². The Morgan fingerprint density at radius 2 is 2.08 bits per heavy atom. The molecule has 0 bridgehead atoms. The maximum absolute atomic E-state index is 12.3. The lowest BCUT2D eigenvalue weighted by Crippen LogP contribution is -2.29. The number of rotatable bonds is 8. The molecule has 1 N–H and O–H groups in total. The number of hydrogen-bond acceptors (Lipinski definition) is 6. The quantitative estimate of drug-likeness (QED) is 0.708. The van der Waals surface area contributed by atoms with E-state index in [-0.39, 0.29) is 24.6 Å². The van der Waals surface area contributed by atoms with E-state index in [2.05, 4.69) is 0 Å². The highest BCUT2D eigenvalue weighted by molar-refractivity contribution is 8.18. The highest BCUT2D eigenvalue weighted by Crippen LogP contribution is 2.34. The summed E-state index contributed by atoms with van der Waals surface area (Å²) in [5.41, 5.74) is 0.705. The lowest BCUT2D eigenvalue weighted by atomic mass is 10.2. The van der Waals surface area contributed by atoms with Gasteiger partial charge in [-0.05, 0) is 48.9 Å². The summed E-state index contributed by atoms with van der Waals surface area (Å²) in [6.45, 7) is 2.47. The van der Waals surface area contributed by atoms with E-state index in [0.29, 0.717) is 28.6 Å². The molecule has 2 amide bonds. The van der Waals surface area contributed by atoms with Gasteiger partial charge in [0.25, 0.3) is 11.1 Å². The average molecular weight is 365 g/mol. The summed E-state index contributed by atoms with van der Waals surface area (Å²) in [4.78, 5) is 36.2. The molecule has 0 atom stereocenters. The van der Waals surface area contributed by atoms with Crippen molar-refractivity contribution >= 4 is 35.0 Å². The van der Waals surface area contributed by atoms with Gasteiger partial charge in [-0.3, -0.25) is 19.3 Å². The van der Waals surface area contributed by atoms with Crippen molar-refractivity contribution < 1.29 is 29.0 Å². The highest BCUT2D eigenvalue weighted by Gasteiger charge is 2.34. The number of nitrogens with zero attached hydrogens (tertiary/aromatic N) is 1. The molecule has 0 spiro atoms. The molecule has 1 aromatic rings. The van der Waals surface area contributed by atoms with Crippen molar-refractivity contribution in [1.82, 2.24) is 4.90 Å². The van der Waals surface area contributed by atoms with Gasteiger partial charge in [0.1, 0.15) is 0 Å². The largest absolute Gasteiger partial charge is 0.493 e. The number of ether oxygens (including phenoxy) is 2. The minimum Gasteiger partial charge on any atom is -0.493 e. The van der Waals surface area contributed by atoms with Crippen LogP contribution in [0.3, 0.4) is 0 Å². The molecule has 0 unspecified atom stereocenters. The van der Waals surface area contributed by atoms with Gasteiger partial charge in [-0.2, -0.15) is 0 Å². The van der Waals surface area contributed by atoms with Crippen LogP contribution in [-0.2, 0) is 9.59 Å². The maximum atomic E-state index is 12.3. The van der Waals surface area contributed by atoms with Crippen LogP contribution in [-0.4, -0.2) is 47.4 Å². The summed E-state index contributed by atoms with van der Waals surface area (Å²) in [7, 11) is 1.53. The number of carboxylic acid groups (broad SMARTS) is 1. The second kappa shape index (κ2) is 8.57. The van der Waals surface area contributed by atoms with Crippen LogP contribution < -0.4 is 9.47 Å². The van der Waals surface area contributed by atoms with Crippen molar-refractivity contribution in [2.24, 2.45) is 0 Å². The highest BCUT2D eigenvalue weighted by atomic mass is 32.2. The van der Waals surface area contributed by atoms with Crippen LogP contribution in [0.15, 0.2) is 23.1 Å². The predicted molar refractivity (Wildman–Crippen MR) is 93.7 cm³/mol. The second-order valence-electron chi connectivity index (χ2n) is 5.17. The van der Waals surface area contributed by atoms with E-state index in [4.69, 9.17) is 14.6 Å². The number of carboxylic acids is 1. The lowest BCUT2D eigenvalue weighted by molar-refractivity contribution is -0.137. The van der Waals surface area contributed by atoms with E-state index in [1.165, 1.54) is 7.11 Å². The Morgan fingerprint density at radius 1 is 1.32 bits per heavy atom. The first kappa shape index (κ1) is 18.9. The summed E-state index contributed by atoms with van der Waals surface area (Å²) in [5, 5.41) is 8.26. The summed E-state index contributed by atoms with van der Waals surface area (Å²) >= 11 is 0.842. The number of aliphatic carboxylic acids is 1. The number of hydrogen-bond donors (Lipinski definition) is 1. The number of carbonyl (C=O) groups excluding carboxylic acids is 2. The molecule has 1 heterocycles. The van der Waals surface area contributed by atoms with Gasteiger partial charge >= 0.3 is 5.97 Å². The molecule has 25 heavy (non-hydrogen) atoms. The van der Waals surface area contributed by atoms with Crippen LogP contribution in [0.4, 0.5) is 4.79 Å². The van der Waals surface area contributed by atoms with Gasteiger partial charge in [0.2, 0.25) is 0 Å². The Kier molecular flexibility index (Phi) is 6.46. The molecular weight excluding hydrogens is 346 g/mol. The summed E-state index contributed by atoms with van der Waals surface area (Å²) in [6.07, 6.45) is 1.76.